The fourth-order valence-corrected chi connectivity index (χ4v) is 4.65. The summed E-state index contributed by atoms with van der Waals surface area (Å²) < 4.78 is 5.63. The lowest BCUT2D eigenvalue weighted by Gasteiger charge is -2.22. The Morgan fingerprint density at radius 1 is 1.03 bits per heavy atom. The molecule has 1 fully saturated rings. The number of hydrogen-bond donors (Lipinski definition) is 2. The average molecular weight is 418 g/mol. The largest absolute Gasteiger partial charge is 0.478 e. The smallest absolute Gasteiger partial charge is 0.347 e. The van der Waals surface area contributed by atoms with Crippen molar-refractivity contribution in [1.29, 1.82) is 0 Å². The maximum Gasteiger partial charge on any atom is 0.347 e. The van der Waals surface area contributed by atoms with E-state index in [1.54, 1.807) is 13.8 Å². The Balaban J connectivity index is 1.38. The normalized spacial score (nSPS) is 20.0. The third kappa shape index (κ3) is 4.75. The van der Waals surface area contributed by atoms with E-state index in [1.807, 2.05) is 12.1 Å². The molecule has 31 heavy (non-hydrogen) atoms. The van der Waals surface area contributed by atoms with Crippen LogP contribution in [-0.4, -0.2) is 22.7 Å². The van der Waals surface area contributed by atoms with E-state index in [2.05, 4.69) is 66.8 Å². The topological polar surface area (TPSA) is 58.6 Å². The van der Waals surface area contributed by atoms with Crippen LogP contribution < -0.4 is 10.1 Å². The Kier molecular flexibility index (Phi) is 6.01. The van der Waals surface area contributed by atoms with Crippen LogP contribution in [-0.2, 0) is 4.79 Å². The van der Waals surface area contributed by atoms with Gasteiger partial charge < -0.3 is 15.2 Å². The molecule has 2 N–H and O–H groups in total. The van der Waals surface area contributed by atoms with Gasteiger partial charge in [-0.15, -0.1) is 0 Å². The first-order chi connectivity index (χ1) is 14.8. The second kappa shape index (κ2) is 8.72. The van der Waals surface area contributed by atoms with Crippen LogP contribution in [0.5, 0.6) is 5.75 Å². The minimum Gasteiger partial charge on any atom is -0.478 e. The molecule has 1 aliphatic carbocycles. The standard InChI is InChI=1S/C27H31NO3/c1-18(24-10-6-8-20-7-4-5-9-25(20)24)28-22-14-11-21(17-22)19-12-15-23(16-13-19)31-27(2,3)26(29)30/h4-10,12-13,15-16,18,21-22,28H,11,14,17H2,1-3H3,(H,29,30)/t18-,21-,22+/m1/s1. The molecule has 4 rings (SSSR count). The maximum atomic E-state index is 11.3. The molecule has 0 aliphatic heterocycles. The zero-order valence-electron chi connectivity index (χ0n) is 18.5. The minimum atomic E-state index is -1.23. The molecule has 0 heterocycles. The lowest BCUT2D eigenvalue weighted by molar-refractivity contribution is -0.152. The molecule has 0 amide bonds. The fraction of sp³-hybridized carbons (Fsp3) is 0.370. The summed E-state index contributed by atoms with van der Waals surface area (Å²) in [6.45, 7) is 5.38. The van der Waals surface area contributed by atoms with Crippen LogP contribution in [0.3, 0.4) is 0 Å². The molecule has 0 bridgehead atoms. The molecule has 0 aromatic heterocycles. The summed E-state index contributed by atoms with van der Waals surface area (Å²) in [5.74, 6) is 0.133. The van der Waals surface area contributed by atoms with Crippen LogP contribution in [0.25, 0.3) is 10.8 Å². The molecule has 3 aromatic rings. The van der Waals surface area contributed by atoms with Crippen molar-refractivity contribution >= 4 is 16.7 Å². The summed E-state index contributed by atoms with van der Waals surface area (Å²) in [6, 6.07) is 23.8. The lowest BCUT2D eigenvalue weighted by Crippen LogP contribution is -2.37. The lowest BCUT2D eigenvalue weighted by atomic mass is 9.96. The van der Waals surface area contributed by atoms with Crippen molar-refractivity contribution in [2.24, 2.45) is 0 Å². The number of benzene rings is 3. The van der Waals surface area contributed by atoms with Gasteiger partial charge in [-0.1, -0.05) is 54.6 Å². The number of rotatable bonds is 7. The van der Waals surface area contributed by atoms with Gasteiger partial charge in [0.1, 0.15) is 5.75 Å². The van der Waals surface area contributed by atoms with Crippen LogP contribution >= 0.6 is 0 Å². The Bertz CT molecular complexity index is 1050. The van der Waals surface area contributed by atoms with Crippen molar-refractivity contribution in [1.82, 2.24) is 5.32 Å². The molecule has 162 valence electrons. The van der Waals surface area contributed by atoms with Gasteiger partial charge in [0.2, 0.25) is 0 Å². The van der Waals surface area contributed by atoms with Crippen molar-refractivity contribution in [2.75, 3.05) is 0 Å². The first-order valence-corrected chi connectivity index (χ1v) is 11.1. The Labute approximate surface area is 184 Å². The molecule has 0 saturated heterocycles. The van der Waals surface area contributed by atoms with Gasteiger partial charge in [0.25, 0.3) is 0 Å². The first kappa shape index (κ1) is 21.4. The minimum absolute atomic E-state index is 0.295. The number of aliphatic carboxylic acids is 1. The maximum absolute atomic E-state index is 11.3. The van der Waals surface area contributed by atoms with Crippen molar-refractivity contribution < 1.29 is 14.6 Å². The average Bonchev–Trinajstić information content (AvgIpc) is 3.22. The molecule has 0 spiro atoms. The molecule has 0 radical (unpaired) electrons. The van der Waals surface area contributed by atoms with Crippen LogP contribution in [0.15, 0.2) is 66.7 Å². The molecule has 0 unspecified atom stereocenters. The number of carboxylic acid groups (broad SMARTS) is 1. The molecule has 4 nitrogen and oxygen atoms in total. The first-order valence-electron chi connectivity index (χ1n) is 11.1. The molecule has 1 aliphatic rings. The van der Waals surface area contributed by atoms with Gasteiger partial charge in [0, 0.05) is 12.1 Å². The van der Waals surface area contributed by atoms with Gasteiger partial charge in [0.15, 0.2) is 5.60 Å². The van der Waals surface area contributed by atoms with E-state index < -0.39 is 11.6 Å². The number of carbonyl (C=O) groups is 1. The van der Waals surface area contributed by atoms with E-state index in [9.17, 15) is 9.90 Å². The fourth-order valence-electron chi connectivity index (χ4n) is 4.65. The zero-order valence-corrected chi connectivity index (χ0v) is 18.5. The summed E-state index contributed by atoms with van der Waals surface area (Å²) in [5, 5.41) is 15.7. The highest BCUT2D eigenvalue weighted by Gasteiger charge is 2.30. The quantitative estimate of drug-likeness (QED) is 0.490. The third-order valence-electron chi connectivity index (χ3n) is 6.45. The number of hydrogen-bond acceptors (Lipinski definition) is 3. The van der Waals surface area contributed by atoms with Crippen LogP contribution in [0.1, 0.15) is 63.1 Å². The molecular formula is C27H31NO3. The zero-order chi connectivity index (χ0) is 22.0. The van der Waals surface area contributed by atoms with Crippen LogP contribution in [0.2, 0.25) is 0 Å². The highest BCUT2D eigenvalue weighted by atomic mass is 16.5. The van der Waals surface area contributed by atoms with Crippen molar-refractivity contribution in [2.45, 2.75) is 63.6 Å². The number of carboxylic acids is 1. The van der Waals surface area contributed by atoms with Gasteiger partial charge in [-0.25, -0.2) is 4.79 Å². The van der Waals surface area contributed by atoms with Crippen LogP contribution in [0, 0.1) is 0 Å². The summed E-state index contributed by atoms with van der Waals surface area (Å²) in [4.78, 5) is 11.3. The second-order valence-electron chi connectivity index (χ2n) is 9.15. The number of nitrogens with one attached hydrogen (secondary N) is 1. The van der Waals surface area contributed by atoms with Gasteiger partial charge >= 0.3 is 5.97 Å². The van der Waals surface area contributed by atoms with E-state index in [-0.39, 0.29) is 0 Å². The Morgan fingerprint density at radius 2 is 1.74 bits per heavy atom. The summed E-state index contributed by atoms with van der Waals surface area (Å²) in [7, 11) is 0. The van der Waals surface area contributed by atoms with Crippen LogP contribution in [0.4, 0.5) is 0 Å². The van der Waals surface area contributed by atoms with E-state index >= 15 is 0 Å². The summed E-state index contributed by atoms with van der Waals surface area (Å²) in [5.41, 5.74) is 1.41. The van der Waals surface area contributed by atoms with Gasteiger partial charge in [0.05, 0.1) is 0 Å². The second-order valence-corrected chi connectivity index (χ2v) is 9.15. The molecule has 1 saturated carbocycles. The molecule has 3 atom stereocenters. The predicted molar refractivity (Wildman–Crippen MR) is 125 cm³/mol. The molecule has 3 aromatic carbocycles. The van der Waals surface area contributed by atoms with Crippen molar-refractivity contribution in [3.63, 3.8) is 0 Å². The van der Waals surface area contributed by atoms with Gasteiger partial charge in [-0.2, -0.15) is 0 Å². The van der Waals surface area contributed by atoms with Crippen molar-refractivity contribution in [3.8, 4) is 5.75 Å². The van der Waals surface area contributed by atoms with E-state index in [0.29, 0.717) is 23.8 Å². The van der Waals surface area contributed by atoms with E-state index in [0.717, 1.165) is 19.3 Å². The van der Waals surface area contributed by atoms with E-state index in [4.69, 9.17) is 4.74 Å². The highest BCUT2D eigenvalue weighted by molar-refractivity contribution is 5.86. The third-order valence-corrected chi connectivity index (χ3v) is 6.45. The van der Waals surface area contributed by atoms with Crippen molar-refractivity contribution in [3.05, 3.63) is 77.9 Å². The highest BCUT2D eigenvalue weighted by Crippen LogP contribution is 2.37. The van der Waals surface area contributed by atoms with E-state index in [1.165, 1.54) is 21.9 Å². The Hall–Kier alpha value is -2.85. The Morgan fingerprint density at radius 3 is 2.48 bits per heavy atom. The summed E-state index contributed by atoms with van der Waals surface area (Å²) >= 11 is 0. The predicted octanol–water partition coefficient (Wildman–Crippen LogP) is 6.07. The number of ether oxygens (including phenoxy) is 1. The SMILES string of the molecule is C[C@@H](N[C@H]1CC[C@@H](c2ccc(OC(C)(C)C(=O)O)cc2)C1)c1cccc2ccccc12. The molecular weight excluding hydrogens is 386 g/mol. The van der Waals surface area contributed by atoms with Gasteiger partial charge in [-0.05, 0) is 80.0 Å². The summed E-state index contributed by atoms with van der Waals surface area (Å²) in [6.07, 6.45) is 3.42. The molecule has 4 heteroatoms. The monoisotopic (exact) mass is 417 g/mol. The van der Waals surface area contributed by atoms with Gasteiger partial charge in [-0.3, -0.25) is 0 Å². The number of fused-ring (bicyclic) bond motifs is 1.